The van der Waals surface area contributed by atoms with Crippen LogP contribution in [-0.4, -0.2) is 22.7 Å². The first-order valence-electron chi connectivity index (χ1n) is 4.98. The van der Waals surface area contributed by atoms with Gasteiger partial charge in [0.1, 0.15) is 0 Å². The molecule has 78 valence electrons. The lowest BCUT2D eigenvalue weighted by atomic mass is 10.2. The Balaban J connectivity index is 2.41. The predicted octanol–water partition coefficient (Wildman–Crippen LogP) is 1.25. The Labute approximate surface area is 85.2 Å². The normalized spacial score (nSPS) is 12.8. The third kappa shape index (κ3) is 3.44. The molecule has 0 aromatic carbocycles. The van der Waals surface area contributed by atoms with E-state index >= 15 is 0 Å². The molecule has 1 aromatic rings. The maximum absolute atomic E-state index is 8.74. The van der Waals surface area contributed by atoms with Gasteiger partial charge in [0.05, 0.1) is 0 Å². The van der Waals surface area contributed by atoms with Crippen LogP contribution in [0.15, 0.2) is 18.3 Å². The van der Waals surface area contributed by atoms with Crippen LogP contribution in [0.3, 0.4) is 0 Å². The van der Waals surface area contributed by atoms with Crippen LogP contribution in [0.25, 0.3) is 0 Å². The molecule has 1 aromatic heterocycles. The lowest BCUT2D eigenvalue weighted by Gasteiger charge is -2.12. The highest BCUT2D eigenvalue weighted by Gasteiger charge is 2.02. The van der Waals surface area contributed by atoms with Crippen LogP contribution in [0.5, 0.6) is 0 Å². The molecule has 0 aliphatic rings. The standard InChI is InChI=1S/C11H18N2O/c1-9(5-7-14)13-8-11-4-3-6-12-10(11)2/h3-4,6,9,13-14H,5,7-8H2,1-2H3/t9-/m1/s1. The lowest BCUT2D eigenvalue weighted by Crippen LogP contribution is -2.26. The van der Waals surface area contributed by atoms with Crippen molar-refractivity contribution in [3.05, 3.63) is 29.6 Å². The van der Waals surface area contributed by atoms with Gasteiger partial charge >= 0.3 is 0 Å². The highest BCUT2D eigenvalue weighted by molar-refractivity contribution is 5.17. The van der Waals surface area contributed by atoms with Gasteiger partial charge in [-0.25, -0.2) is 0 Å². The fourth-order valence-corrected chi connectivity index (χ4v) is 1.28. The SMILES string of the molecule is Cc1ncccc1CN[C@H](C)CCO. The average molecular weight is 194 g/mol. The Hall–Kier alpha value is -0.930. The van der Waals surface area contributed by atoms with Crippen molar-refractivity contribution in [3.8, 4) is 0 Å². The number of hydrogen-bond acceptors (Lipinski definition) is 3. The number of nitrogens with zero attached hydrogens (tertiary/aromatic N) is 1. The van der Waals surface area contributed by atoms with Gasteiger partial charge in [0.25, 0.3) is 0 Å². The molecule has 2 N–H and O–H groups in total. The summed E-state index contributed by atoms with van der Waals surface area (Å²) in [4.78, 5) is 4.21. The number of rotatable bonds is 5. The Kier molecular flexibility index (Phi) is 4.56. The van der Waals surface area contributed by atoms with Gasteiger partial charge in [-0.05, 0) is 31.9 Å². The van der Waals surface area contributed by atoms with Gasteiger partial charge in [-0.1, -0.05) is 6.07 Å². The lowest BCUT2D eigenvalue weighted by molar-refractivity contribution is 0.268. The Morgan fingerprint density at radius 1 is 1.57 bits per heavy atom. The Bertz CT molecular complexity index is 276. The molecule has 0 aliphatic heterocycles. The van der Waals surface area contributed by atoms with Crippen molar-refractivity contribution in [1.29, 1.82) is 0 Å². The minimum absolute atomic E-state index is 0.236. The van der Waals surface area contributed by atoms with E-state index in [0.29, 0.717) is 6.04 Å². The fraction of sp³-hybridized carbons (Fsp3) is 0.545. The number of aromatic nitrogens is 1. The van der Waals surface area contributed by atoms with E-state index in [1.165, 1.54) is 5.56 Å². The van der Waals surface area contributed by atoms with Crippen LogP contribution in [0, 0.1) is 6.92 Å². The molecule has 1 rings (SSSR count). The number of aliphatic hydroxyl groups excluding tert-OH is 1. The molecule has 0 bridgehead atoms. The van der Waals surface area contributed by atoms with Crippen LogP contribution in [0.2, 0.25) is 0 Å². The van der Waals surface area contributed by atoms with Gasteiger partial charge in [0, 0.05) is 31.1 Å². The summed E-state index contributed by atoms with van der Waals surface area (Å²) in [5.41, 5.74) is 2.29. The first kappa shape index (κ1) is 11.1. The van der Waals surface area contributed by atoms with Crippen molar-refractivity contribution < 1.29 is 5.11 Å². The molecular formula is C11H18N2O. The van der Waals surface area contributed by atoms with Crippen LogP contribution in [0.4, 0.5) is 0 Å². The summed E-state index contributed by atoms with van der Waals surface area (Å²) >= 11 is 0. The summed E-state index contributed by atoms with van der Waals surface area (Å²) in [5, 5.41) is 12.1. The fourth-order valence-electron chi connectivity index (χ4n) is 1.28. The Morgan fingerprint density at radius 3 is 3.00 bits per heavy atom. The molecule has 0 saturated heterocycles. The maximum atomic E-state index is 8.74. The zero-order chi connectivity index (χ0) is 10.4. The second-order valence-electron chi connectivity index (χ2n) is 3.54. The molecule has 0 aliphatic carbocycles. The summed E-state index contributed by atoms with van der Waals surface area (Å²) in [5.74, 6) is 0. The zero-order valence-electron chi connectivity index (χ0n) is 8.83. The highest BCUT2D eigenvalue weighted by atomic mass is 16.3. The van der Waals surface area contributed by atoms with Gasteiger partial charge in [-0.3, -0.25) is 4.98 Å². The number of nitrogens with one attached hydrogen (secondary N) is 1. The third-order valence-electron chi connectivity index (χ3n) is 2.32. The summed E-state index contributed by atoms with van der Waals surface area (Å²) < 4.78 is 0. The van der Waals surface area contributed by atoms with E-state index in [4.69, 9.17) is 5.11 Å². The summed E-state index contributed by atoms with van der Waals surface area (Å²) in [6.07, 6.45) is 2.59. The van der Waals surface area contributed by atoms with E-state index in [9.17, 15) is 0 Å². The third-order valence-corrected chi connectivity index (χ3v) is 2.32. The molecule has 0 radical (unpaired) electrons. The molecule has 0 spiro atoms. The van der Waals surface area contributed by atoms with E-state index in [1.54, 1.807) is 6.20 Å². The Morgan fingerprint density at radius 2 is 2.36 bits per heavy atom. The van der Waals surface area contributed by atoms with Crippen LogP contribution < -0.4 is 5.32 Å². The van der Waals surface area contributed by atoms with Gasteiger partial charge < -0.3 is 10.4 Å². The van der Waals surface area contributed by atoms with E-state index in [1.807, 2.05) is 13.0 Å². The number of pyridine rings is 1. The van der Waals surface area contributed by atoms with Crippen molar-refractivity contribution >= 4 is 0 Å². The number of aliphatic hydroxyl groups is 1. The van der Waals surface area contributed by atoms with Crippen molar-refractivity contribution in [2.24, 2.45) is 0 Å². The van der Waals surface area contributed by atoms with E-state index in [-0.39, 0.29) is 6.61 Å². The molecule has 0 unspecified atom stereocenters. The number of hydrogen-bond donors (Lipinski definition) is 2. The molecule has 0 fully saturated rings. The van der Waals surface area contributed by atoms with Gasteiger partial charge in [-0.15, -0.1) is 0 Å². The molecule has 3 nitrogen and oxygen atoms in total. The molecule has 14 heavy (non-hydrogen) atoms. The topological polar surface area (TPSA) is 45.2 Å². The molecule has 0 saturated carbocycles. The minimum atomic E-state index is 0.236. The smallest absolute Gasteiger partial charge is 0.0445 e. The molecule has 1 heterocycles. The number of aryl methyl sites for hydroxylation is 1. The van der Waals surface area contributed by atoms with Crippen LogP contribution in [0.1, 0.15) is 24.6 Å². The second kappa shape index (κ2) is 5.73. The molecule has 0 amide bonds. The van der Waals surface area contributed by atoms with Crippen molar-refractivity contribution in [2.75, 3.05) is 6.61 Å². The first-order valence-corrected chi connectivity index (χ1v) is 4.98. The van der Waals surface area contributed by atoms with Crippen LogP contribution >= 0.6 is 0 Å². The highest BCUT2D eigenvalue weighted by Crippen LogP contribution is 2.03. The molecular weight excluding hydrogens is 176 g/mol. The minimum Gasteiger partial charge on any atom is -0.396 e. The van der Waals surface area contributed by atoms with Crippen molar-refractivity contribution in [1.82, 2.24) is 10.3 Å². The monoisotopic (exact) mass is 194 g/mol. The second-order valence-corrected chi connectivity index (χ2v) is 3.54. The van der Waals surface area contributed by atoms with E-state index in [0.717, 1.165) is 18.7 Å². The average Bonchev–Trinajstić information content (AvgIpc) is 2.17. The van der Waals surface area contributed by atoms with E-state index in [2.05, 4.69) is 23.3 Å². The molecule has 1 atom stereocenters. The zero-order valence-corrected chi connectivity index (χ0v) is 8.83. The summed E-state index contributed by atoms with van der Waals surface area (Å²) in [6, 6.07) is 4.36. The quantitative estimate of drug-likeness (QED) is 0.741. The van der Waals surface area contributed by atoms with Crippen LogP contribution in [-0.2, 0) is 6.54 Å². The van der Waals surface area contributed by atoms with Crippen molar-refractivity contribution in [2.45, 2.75) is 32.9 Å². The van der Waals surface area contributed by atoms with Gasteiger partial charge in [-0.2, -0.15) is 0 Å². The largest absolute Gasteiger partial charge is 0.396 e. The van der Waals surface area contributed by atoms with Gasteiger partial charge in [0.15, 0.2) is 0 Å². The van der Waals surface area contributed by atoms with E-state index < -0.39 is 0 Å². The summed E-state index contributed by atoms with van der Waals surface area (Å²) in [7, 11) is 0. The maximum Gasteiger partial charge on any atom is 0.0445 e. The first-order chi connectivity index (χ1) is 6.74. The summed E-state index contributed by atoms with van der Waals surface area (Å²) in [6.45, 7) is 5.14. The molecule has 3 heteroatoms. The van der Waals surface area contributed by atoms with Crippen molar-refractivity contribution in [3.63, 3.8) is 0 Å². The van der Waals surface area contributed by atoms with Gasteiger partial charge in [0.2, 0.25) is 0 Å². The predicted molar refractivity (Wildman–Crippen MR) is 57.0 cm³/mol.